The largest absolute Gasteiger partial charge is 0.504 e. The van der Waals surface area contributed by atoms with Crippen molar-refractivity contribution < 1.29 is 54.0 Å². The van der Waals surface area contributed by atoms with E-state index >= 15 is 0 Å². The Bertz CT molecular complexity index is 1020. The lowest BCUT2D eigenvalue weighted by Gasteiger charge is -2.41. The van der Waals surface area contributed by atoms with E-state index in [4.69, 9.17) is 23.7 Å². The number of aromatic hydroxyl groups is 2. The van der Waals surface area contributed by atoms with Crippen molar-refractivity contribution in [2.75, 3.05) is 20.8 Å². The summed E-state index contributed by atoms with van der Waals surface area (Å²) in [6.45, 7) is -0.640. The van der Waals surface area contributed by atoms with Crippen LogP contribution in [0.4, 0.5) is 0 Å². The number of phenolic OH excluding ortho intramolecular Hbond substituents is 2. The van der Waals surface area contributed by atoms with E-state index in [-0.39, 0.29) is 28.7 Å². The van der Waals surface area contributed by atoms with Gasteiger partial charge in [-0.25, -0.2) is 4.79 Å². The van der Waals surface area contributed by atoms with Crippen molar-refractivity contribution in [1.29, 1.82) is 0 Å². The van der Waals surface area contributed by atoms with Crippen LogP contribution in [0.15, 0.2) is 42.5 Å². The quantitative estimate of drug-likeness (QED) is 0.266. The lowest BCUT2D eigenvalue weighted by molar-refractivity contribution is -0.280. The van der Waals surface area contributed by atoms with E-state index in [1.807, 2.05) is 0 Å². The summed E-state index contributed by atoms with van der Waals surface area (Å²) < 4.78 is 26.3. The first-order valence-electron chi connectivity index (χ1n) is 10.2. The van der Waals surface area contributed by atoms with Gasteiger partial charge in [-0.3, -0.25) is 0 Å². The van der Waals surface area contributed by atoms with Crippen LogP contribution in [0.2, 0.25) is 0 Å². The standard InChI is InChI=1S/C23H26O11/c1-30-16-9-12(3-6-14(16)25)4-8-19(27)34-22-18(11-24)33-23(21(29)20(22)28)32-13-5-7-15(26)17(10-13)31-2/h3-10,18,20-26,28-29H,11H2,1-2H3/b8-4+/t18-,20-,21-,22-,23-/m1/s1. The maximum atomic E-state index is 12.3. The lowest BCUT2D eigenvalue weighted by atomic mass is 9.99. The first-order valence-corrected chi connectivity index (χ1v) is 10.2. The highest BCUT2D eigenvalue weighted by atomic mass is 16.7. The van der Waals surface area contributed by atoms with Crippen molar-refractivity contribution in [3.05, 3.63) is 48.0 Å². The van der Waals surface area contributed by atoms with E-state index < -0.39 is 43.3 Å². The Kier molecular flexibility index (Phi) is 8.18. The molecule has 2 aromatic rings. The summed E-state index contributed by atoms with van der Waals surface area (Å²) in [5, 5.41) is 50.0. The predicted octanol–water partition coefficient (Wildman–Crippen LogP) is 0.558. The van der Waals surface area contributed by atoms with Gasteiger partial charge in [-0.05, 0) is 35.9 Å². The average Bonchev–Trinajstić information content (AvgIpc) is 2.84. The number of carbonyl (C=O) groups excluding carboxylic acids is 1. The van der Waals surface area contributed by atoms with Gasteiger partial charge >= 0.3 is 5.97 Å². The van der Waals surface area contributed by atoms with Crippen molar-refractivity contribution in [1.82, 2.24) is 0 Å². The van der Waals surface area contributed by atoms with Gasteiger partial charge in [0, 0.05) is 12.1 Å². The molecule has 1 heterocycles. The molecule has 184 valence electrons. The third-order valence-electron chi connectivity index (χ3n) is 5.09. The zero-order chi connectivity index (χ0) is 24.8. The van der Waals surface area contributed by atoms with Crippen molar-refractivity contribution >= 4 is 12.0 Å². The predicted molar refractivity (Wildman–Crippen MR) is 117 cm³/mol. The van der Waals surface area contributed by atoms with Crippen LogP contribution in [0, 0.1) is 0 Å². The van der Waals surface area contributed by atoms with E-state index in [9.17, 15) is 30.3 Å². The van der Waals surface area contributed by atoms with Gasteiger partial charge in [-0.2, -0.15) is 0 Å². The van der Waals surface area contributed by atoms with Gasteiger partial charge in [0.2, 0.25) is 6.29 Å². The second-order valence-electron chi connectivity index (χ2n) is 7.32. The number of esters is 1. The Balaban J connectivity index is 1.67. The minimum Gasteiger partial charge on any atom is -0.504 e. The highest BCUT2D eigenvalue weighted by Crippen LogP contribution is 2.32. The zero-order valence-corrected chi connectivity index (χ0v) is 18.4. The topological polar surface area (TPSA) is 164 Å². The minimum absolute atomic E-state index is 0.0630. The second-order valence-corrected chi connectivity index (χ2v) is 7.32. The Labute approximate surface area is 195 Å². The zero-order valence-electron chi connectivity index (χ0n) is 18.4. The molecule has 34 heavy (non-hydrogen) atoms. The highest BCUT2D eigenvalue weighted by Gasteiger charge is 2.47. The molecule has 1 saturated heterocycles. The Morgan fingerprint density at radius 3 is 2.29 bits per heavy atom. The van der Waals surface area contributed by atoms with Crippen molar-refractivity contribution in [3.63, 3.8) is 0 Å². The monoisotopic (exact) mass is 478 g/mol. The Morgan fingerprint density at radius 2 is 1.65 bits per heavy atom. The van der Waals surface area contributed by atoms with Gasteiger partial charge in [0.15, 0.2) is 29.1 Å². The average molecular weight is 478 g/mol. The number of hydrogen-bond donors (Lipinski definition) is 5. The molecule has 5 atom stereocenters. The van der Waals surface area contributed by atoms with E-state index in [1.165, 1.54) is 50.6 Å². The van der Waals surface area contributed by atoms with Crippen LogP contribution < -0.4 is 14.2 Å². The first kappa shape index (κ1) is 25.1. The van der Waals surface area contributed by atoms with Crippen LogP contribution in [-0.4, -0.2) is 83.0 Å². The maximum Gasteiger partial charge on any atom is 0.331 e. The number of carbonyl (C=O) groups is 1. The van der Waals surface area contributed by atoms with Gasteiger partial charge in [0.25, 0.3) is 0 Å². The van der Waals surface area contributed by atoms with Gasteiger partial charge in [-0.15, -0.1) is 0 Å². The van der Waals surface area contributed by atoms with Crippen LogP contribution in [0.1, 0.15) is 5.56 Å². The third-order valence-corrected chi connectivity index (χ3v) is 5.09. The number of aliphatic hydroxyl groups is 3. The minimum atomic E-state index is -1.64. The van der Waals surface area contributed by atoms with Gasteiger partial charge in [0.05, 0.1) is 20.8 Å². The summed E-state index contributed by atoms with van der Waals surface area (Å²) >= 11 is 0. The first-order chi connectivity index (χ1) is 16.3. The van der Waals surface area contributed by atoms with Gasteiger partial charge < -0.3 is 49.2 Å². The molecule has 1 fully saturated rings. The SMILES string of the molecule is COc1cc(/C=C/C(=O)O[C@H]2[C@H](O)[C@@H](O)[C@H](Oc3ccc(O)c(OC)c3)O[C@@H]2CO)ccc1O. The summed E-state index contributed by atoms with van der Waals surface area (Å²) in [4.78, 5) is 12.3. The molecule has 1 aliphatic rings. The Hall–Kier alpha value is -3.51. The lowest BCUT2D eigenvalue weighted by Crippen LogP contribution is -2.61. The molecule has 0 unspecified atom stereocenters. The smallest absolute Gasteiger partial charge is 0.331 e. The summed E-state index contributed by atoms with van der Waals surface area (Å²) in [6, 6.07) is 8.48. The summed E-state index contributed by atoms with van der Waals surface area (Å²) in [5.74, 6) is -0.566. The van der Waals surface area contributed by atoms with Crippen LogP contribution in [-0.2, 0) is 14.3 Å². The fourth-order valence-electron chi connectivity index (χ4n) is 3.30. The fourth-order valence-corrected chi connectivity index (χ4v) is 3.30. The van der Waals surface area contributed by atoms with Gasteiger partial charge in [-0.1, -0.05) is 6.07 Å². The van der Waals surface area contributed by atoms with Crippen LogP contribution >= 0.6 is 0 Å². The molecule has 3 rings (SSSR count). The van der Waals surface area contributed by atoms with E-state index in [1.54, 1.807) is 6.07 Å². The molecule has 0 radical (unpaired) electrons. The summed E-state index contributed by atoms with van der Waals surface area (Å²) in [7, 11) is 2.73. The molecule has 0 bridgehead atoms. The second kappa shape index (κ2) is 11.1. The van der Waals surface area contributed by atoms with Crippen LogP contribution in [0.5, 0.6) is 28.7 Å². The number of hydrogen-bond acceptors (Lipinski definition) is 11. The third kappa shape index (κ3) is 5.69. The van der Waals surface area contributed by atoms with Crippen LogP contribution in [0.3, 0.4) is 0 Å². The maximum absolute atomic E-state index is 12.3. The fraction of sp³-hybridized carbons (Fsp3) is 0.348. The van der Waals surface area contributed by atoms with E-state index in [0.717, 1.165) is 6.08 Å². The number of benzene rings is 2. The number of rotatable bonds is 8. The number of aliphatic hydroxyl groups excluding tert-OH is 3. The number of ether oxygens (including phenoxy) is 5. The molecule has 5 N–H and O–H groups in total. The van der Waals surface area contributed by atoms with E-state index in [2.05, 4.69) is 0 Å². The summed E-state index contributed by atoms with van der Waals surface area (Å²) in [5.41, 5.74) is 0.531. The van der Waals surface area contributed by atoms with Gasteiger partial charge in [0.1, 0.15) is 24.1 Å². The number of methoxy groups -OCH3 is 2. The van der Waals surface area contributed by atoms with Crippen LogP contribution in [0.25, 0.3) is 6.08 Å². The molecule has 11 nitrogen and oxygen atoms in total. The molecule has 0 aromatic heterocycles. The normalized spacial score (nSPS) is 24.6. The van der Waals surface area contributed by atoms with Crippen molar-refractivity contribution in [3.8, 4) is 28.7 Å². The van der Waals surface area contributed by atoms with Crippen molar-refractivity contribution in [2.45, 2.75) is 30.7 Å². The molecular weight excluding hydrogens is 452 g/mol. The molecule has 0 aliphatic carbocycles. The molecule has 0 amide bonds. The Morgan fingerprint density at radius 1 is 1.00 bits per heavy atom. The summed E-state index contributed by atoms with van der Waals surface area (Å²) in [6.07, 6.45) is -4.79. The molecular formula is C23H26O11. The number of phenols is 2. The van der Waals surface area contributed by atoms with Crippen molar-refractivity contribution in [2.24, 2.45) is 0 Å². The molecule has 1 aliphatic heterocycles. The molecule has 0 saturated carbocycles. The highest BCUT2D eigenvalue weighted by molar-refractivity contribution is 5.87. The molecule has 0 spiro atoms. The van der Waals surface area contributed by atoms with E-state index in [0.29, 0.717) is 5.56 Å². The molecule has 2 aromatic carbocycles. The molecule has 11 heteroatoms.